The van der Waals surface area contributed by atoms with Crippen LogP contribution in [0.5, 0.6) is 0 Å². The van der Waals surface area contributed by atoms with Crippen LogP contribution in [-0.2, 0) is 19.3 Å². The van der Waals surface area contributed by atoms with Gasteiger partial charge in [0.1, 0.15) is 5.82 Å². The minimum atomic E-state index is 0.517. The summed E-state index contributed by atoms with van der Waals surface area (Å²) in [5.74, 6) is 2.01. The maximum Gasteiger partial charge on any atom is 0.118 e. The monoisotopic (exact) mass is 275 g/mol. The molecule has 0 atom stereocenters. The highest BCUT2D eigenvalue weighted by Gasteiger charge is 2.02. The minimum absolute atomic E-state index is 0.517. The molecule has 0 fully saturated rings. The van der Waals surface area contributed by atoms with Crippen molar-refractivity contribution in [2.24, 2.45) is 7.05 Å². The van der Waals surface area contributed by atoms with Gasteiger partial charge >= 0.3 is 0 Å². The molecule has 0 amide bonds. The van der Waals surface area contributed by atoms with Gasteiger partial charge in [0.15, 0.2) is 0 Å². The average molecular weight is 275 g/mol. The molecule has 1 aromatic carbocycles. The van der Waals surface area contributed by atoms with Crippen LogP contribution >= 0.6 is 11.8 Å². The Morgan fingerprint density at radius 2 is 2.21 bits per heavy atom. The van der Waals surface area contributed by atoms with E-state index in [1.807, 2.05) is 31.2 Å². The molecule has 102 valence electrons. The molecule has 0 unspecified atom stereocenters. The Balaban J connectivity index is 1.93. The molecule has 0 aliphatic carbocycles. The largest absolute Gasteiger partial charge is 0.337 e. The van der Waals surface area contributed by atoms with Gasteiger partial charge in [-0.15, -0.1) is 11.8 Å². The highest BCUT2D eigenvalue weighted by molar-refractivity contribution is 7.98. The third kappa shape index (κ3) is 4.40. The lowest BCUT2D eigenvalue weighted by atomic mass is 10.2. The van der Waals surface area contributed by atoms with E-state index in [1.54, 1.807) is 0 Å². The minimum Gasteiger partial charge on any atom is -0.337 e. The standard InChI is InChI=1S/C15H21N3S/c1-12(2)17-10-13-5-4-6-14(9-13)19-11-15-16-7-8-18(15)3/h4-9,12,17H,10-11H2,1-3H3. The molecule has 4 heteroatoms. The van der Waals surface area contributed by atoms with Crippen LogP contribution in [0.15, 0.2) is 41.6 Å². The number of aryl methyl sites for hydroxylation is 1. The van der Waals surface area contributed by atoms with Crippen molar-refractivity contribution in [2.75, 3.05) is 0 Å². The van der Waals surface area contributed by atoms with E-state index in [0.29, 0.717) is 6.04 Å². The number of benzene rings is 1. The van der Waals surface area contributed by atoms with E-state index in [4.69, 9.17) is 0 Å². The quantitative estimate of drug-likeness (QED) is 0.821. The molecule has 0 saturated heterocycles. The molecular weight excluding hydrogens is 254 g/mol. The first-order chi connectivity index (χ1) is 9.15. The molecule has 0 saturated carbocycles. The average Bonchev–Trinajstić information content (AvgIpc) is 2.80. The van der Waals surface area contributed by atoms with Crippen molar-refractivity contribution >= 4 is 11.8 Å². The van der Waals surface area contributed by atoms with Crippen molar-refractivity contribution in [1.29, 1.82) is 0 Å². The first-order valence-corrected chi connectivity index (χ1v) is 7.55. The molecule has 1 N–H and O–H groups in total. The number of nitrogens with one attached hydrogen (secondary N) is 1. The fourth-order valence-corrected chi connectivity index (χ4v) is 2.73. The summed E-state index contributed by atoms with van der Waals surface area (Å²) in [4.78, 5) is 5.64. The van der Waals surface area contributed by atoms with Crippen molar-refractivity contribution in [2.45, 2.75) is 37.1 Å². The molecule has 0 aliphatic heterocycles. The summed E-state index contributed by atoms with van der Waals surface area (Å²) in [6, 6.07) is 9.22. The normalized spacial score (nSPS) is 11.2. The molecule has 1 aromatic heterocycles. The SMILES string of the molecule is CC(C)NCc1cccc(SCc2nccn2C)c1. The Morgan fingerprint density at radius 3 is 2.89 bits per heavy atom. The number of imidazole rings is 1. The van der Waals surface area contributed by atoms with E-state index in [2.05, 4.69) is 53.0 Å². The van der Waals surface area contributed by atoms with Gasteiger partial charge in [-0.25, -0.2) is 4.98 Å². The Morgan fingerprint density at radius 1 is 1.37 bits per heavy atom. The molecule has 3 nitrogen and oxygen atoms in total. The third-order valence-electron chi connectivity index (χ3n) is 2.90. The lowest BCUT2D eigenvalue weighted by Crippen LogP contribution is -2.21. The topological polar surface area (TPSA) is 29.9 Å². The Bertz CT molecular complexity index is 520. The van der Waals surface area contributed by atoms with Gasteiger partial charge in [-0.05, 0) is 17.7 Å². The Labute approximate surface area is 119 Å². The Kier molecular flexibility index (Phi) is 5.05. The summed E-state index contributed by atoms with van der Waals surface area (Å²) in [6.45, 7) is 5.26. The molecule has 0 bridgehead atoms. The van der Waals surface area contributed by atoms with E-state index in [1.165, 1.54) is 10.5 Å². The number of thioether (sulfide) groups is 1. The molecule has 1 heterocycles. The van der Waals surface area contributed by atoms with Crippen molar-refractivity contribution in [3.63, 3.8) is 0 Å². The van der Waals surface area contributed by atoms with Gasteiger partial charge in [0.25, 0.3) is 0 Å². The smallest absolute Gasteiger partial charge is 0.118 e. The van der Waals surface area contributed by atoms with Crippen molar-refractivity contribution in [3.05, 3.63) is 48.0 Å². The maximum atomic E-state index is 4.34. The van der Waals surface area contributed by atoms with Gasteiger partial charge in [0.2, 0.25) is 0 Å². The predicted octanol–water partition coefficient (Wildman–Crippen LogP) is 3.21. The third-order valence-corrected chi connectivity index (χ3v) is 3.89. The summed E-state index contributed by atoms with van der Waals surface area (Å²) in [5.41, 5.74) is 1.33. The number of aromatic nitrogens is 2. The van der Waals surface area contributed by atoms with Crippen molar-refractivity contribution in [1.82, 2.24) is 14.9 Å². The predicted molar refractivity (Wildman–Crippen MR) is 81.2 cm³/mol. The van der Waals surface area contributed by atoms with Crippen molar-refractivity contribution in [3.8, 4) is 0 Å². The summed E-state index contributed by atoms with van der Waals surface area (Å²) < 4.78 is 2.07. The first-order valence-electron chi connectivity index (χ1n) is 6.56. The zero-order valence-corrected chi connectivity index (χ0v) is 12.6. The first kappa shape index (κ1) is 14.2. The summed E-state index contributed by atoms with van der Waals surface area (Å²) in [7, 11) is 2.03. The molecule has 2 rings (SSSR count). The van der Waals surface area contributed by atoms with Crippen LogP contribution in [0.2, 0.25) is 0 Å². The fraction of sp³-hybridized carbons (Fsp3) is 0.400. The second kappa shape index (κ2) is 6.78. The number of nitrogens with zero attached hydrogens (tertiary/aromatic N) is 2. The van der Waals surface area contributed by atoms with E-state index in [-0.39, 0.29) is 0 Å². The molecule has 0 radical (unpaired) electrons. The lowest BCUT2D eigenvalue weighted by molar-refractivity contribution is 0.588. The van der Waals surface area contributed by atoms with Gasteiger partial charge in [-0.2, -0.15) is 0 Å². The van der Waals surface area contributed by atoms with Gasteiger partial charge in [0, 0.05) is 36.9 Å². The number of hydrogen-bond acceptors (Lipinski definition) is 3. The van der Waals surface area contributed by atoms with Crippen molar-refractivity contribution < 1.29 is 0 Å². The van der Waals surface area contributed by atoms with Crippen LogP contribution in [0.4, 0.5) is 0 Å². The zero-order chi connectivity index (χ0) is 13.7. The van der Waals surface area contributed by atoms with Gasteiger partial charge in [0.05, 0.1) is 5.75 Å². The Hall–Kier alpha value is -1.26. The van der Waals surface area contributed by atoms with E-state index < -0.39 is 0 Å². The van der Waals surface area contributed by atoms with Crippen LogP contribution in [0.25, 0.3) is 0 Å². The van der Waals surface area contributed by atoms with E-state index in [0.717, 1.165) is 18.1 Å². The fourth-order valence-electron chi connectivity index (χ4n) is 1.75. The number of rotatable bonds is 6. The maximum absolute atomic E-state index is 4.34. The van der Waals surface area contributed by atoms with Crippen LogP contribution in [0.1, 0.15) is 25.2 Å². The van der Waals surface area contributed by atoms with Crippen LogP contribution < -0.4 is 5.32 Å². The highest BCUT2D eigenvalue weighted by atomic mass is 32.2. The second-order valence-corrected chi connectivity index (χ2v) is 5.97. The molecule has 19 heavy (non-hydrogen) atoms. The molecule has 0 spiro atoms. The molecule has 2 aromatic rings. The lowest BCUT2D eigenvalue weighted by Gasteiger charge is -2.09. The van der Waals surface area contributed by atoms with Gasteiger partial charge < -0.3 is 9.88 Å². The van der Waals surface area contributed by atoms with Gasteiger partial charge in [-0.3, -0.25) is 0 Å². The summed E-state index contributed by atoms with van der Waals surface area (Å²) in [6.07, 6.45) is 3.83. The molecular formula is C15H21N3S. The van der Waals surface area contributed by atoms with Gasteiger partial charge in [-0.1, -0.05) is 26.0 Å². The summed E-state index contributed by atoms with van der Waals surface area (Å²) >= 11 is 1.83. The van der Waals surface area contributed by atoms with E-state index in [9.17, 15) is 0 Å². The van der Waals surface area contributed by atoms with Crippen LogP contribution in [-0.4, -0.2) is 15.6 Å². The van der Waals surface area contributed by atoms with E-state index >= 15 is 0 Å². The second-order valence-electron chi connectivity index (χ2n) is 4.93. The van der Waals surface area contributed by atoms with Crippen LogP contribution in [0.3, 0.4) is 0 Å². The molecule has 0 aliphatic rings. The zero-order valence-electron chi connectivity index (χ0n) is 11.8. The number of hydrogen-bond donors (Lipinski definition) is 1. The highest BCUT2D eigenvalue weighted by Crippen LogP contribution is 2.22. The van der Waals surface area contributed by atoms with Crippen LogP contribution in [0, 0.1) is 0 Å². The summed E-state index contributed by atoms with van der Waals surface area (Å²) in [5, 5.41) is 3.44.